The Morgan fingerprint density at radius 1 is 1.21 bits per heavy atom. The van der Waals surface area contributed by atoms with Gasteiger partial charge in [-0.1, -0.05) is 32.0 Å². The van der Waals surface area contributed by atoms with Gasteiger partial charge in [0.15, 0.2) is 19.0 Å². The standard InChI is InChI=1S/C18H20N2O4/c1-3-13(2)15-6-4-5-7-16(15)19-17(21)12-24-18(22)14-8-10-20(23)11-9-14/h4-11,13H,3,12H2,1-2H3,(H,19,21)/t13-/m1/s1. The predicted octanol–water partition coefficient (Wildman–Crippen LogP) is 2.63. The number of nitrogens with zero attached hydrogens (tertiary/aromatic N) is 1. The van der Waals surface area contributed by atoms with Crippen LogP contribution in [-0.2, 0) is 9.53 Å². The molecule has 24 heavy (non-hydrogen) atoms. The van der Waals surface area contributed by atoms with Gasteiger partial charge < -0.3 is 15.3 Å². The molecule has 0 radical (unpaired) electrons. The van der Waals surface area contributed by atoms with Crippen molar-refractivity contribution in [3.63, 3.8) is 0 Å². The lowest BCUT2D eigenvalue weighted by molar-refractivity contribution is -0.605. The van der Waals surface area contributed by atoms with Crippen molar-refractivity contribution in [2.75, 3.05) is 11.9 Å². The summed E-state index contributed by atoms with van der Waals surface area (Å²) in [4.78, 5) is 23.8. The van der Waals surface area contributed by atoms with E-state index < -0.39 is 11.9 Å². The van der Waals surface area contributed by atoms with E-state index in [4.69, 9.17) is 4.74 Å². The monoisotopic (exact) mass is 328 g/mol. The average molecular weight is 328 g/mol. The minimum atomic E-state index is -0.652. The van der Waals surface area contributed by atoms with Crippen molar-refractivity contribution in [3.05, 3.63) is 65.1 Å². The molecule has 1 amide bonds. The molecule has 2 rings (SSSR count). The fourth-order valence-electron chi connectivity index (χ4n) is 2.21. The molecule has 1 heterocycles. The van der Waals surface area contributed by atoms with Crippen LogP contribution in [0.25, 0.3) is 0 Å². The zero-order valence-electron chi connectivity index (χ0n) is 13.7. The van der Waals surface area contributed by atoms with Crippen LogP contribution in [0.15, 0.2) is 48.8 Å². The lowest BCUT2D eigenvalue weighted by atomic mass is 9.97. The number of aromatic nitrogens is 1. The van der Waals surface area contributed by atoms with Gasteiger partial charge in [0.05, 0.1) is 5.56 Å². The second kappa shape index (κ2) is 8.10. The summed E-state index contributed by atoms with van der Waals surface area (Å²) in [7, 11) is 0. The van der Waals surface area contributed by atoms with E-state index in [0.717, 1.165) is 17.7 Å². The van der Waals surface area contributed by atoms with Gasteiger partial charge in [-0.3, -0.25) is 4.79 Å². The molecule has 0 aliphatic carbocycles. The quantitative estimate of drug-likeness (QED) is 0.502. The summed E-state index contributed by atoms with van der Waals surface area (Å²) in [6.45, 7) is 3.78. The number of esters is 1. The van der Waals surface area contributed by atoms with Crippen molar-refractivity contribution in [1.82, 2.24) is 0 Å². The van der Waals surface area contributed by atoms with E-state index in [1.807, 2.05) is 24.3 Å². The normalized spacial score (nSPS) is 11.6. The largest absolute Gasteiger partial charge is 0.619 e. The summed E-state index contributed by atoms with van der Waals surface area (Å²) in [6.07, 6.45) is 3.34. The molecule has 0 aliphatic heterocycles. The third-order valence-electron chi connectivity index (χ3n) is 3.75. The summed E-state index contributed by atoms with van der Waals surface area (Å²) in [5, 5.41) is 13.7. The summed E-state index contributed by atoms with van der Waals surface area (Å²) in [6, 6.07) is 10.2. The molecule has 6 heteroatoms. The zero-order chi connectivity index (χ0) is 17.5. The number of amides is 1. The predicted molar refractivity (Wildman–Crippen MR) is 89.5 cm³/mol. The smallest absolute Gasteiger partial charge is 0.339 e. The van der Waals surface area contributed by atoms with Crippen LogP contribution in [-0.4, -0.2) is 18.5 Å². The Hall–Kier alpha value is -2.89. The highest BCUT2D eigenvalue weighted by molar-refractivity contribution is 5.95. The molecule has 6 nitrogen and oxygen atoms in total. The number of nitrogens with one attached hydrogen (secondary N) is 1. The molecule has 2 aromatic rings. The molecular weight excluding hydrogens is 308 g/mol. The molecule has 0 bridgehead atoms. The Morgan fingerprint density at radius 3 is 2.54 bits per heavy atom. The maximum atomic E-state index is 12.0. The van der Waals surface area contributed by atoms with Gasteiger partial charge in [-0.05, 0) is 24.0 Å². The Kier molecular flexibility index (Phi) is 5.89. The summed E-state index contributed by atoms with van der Waals surface area (Å²) >= 11 is 0. The van der Waals surface area contributed by atoms with Crippen molar-refractivity contribution < 1.29 is 19.1 Å². The van der Waals surface area contributed by atoms with E-state index in [9.17, 15) is 14.8 Å². The van der Waals surface area contributed by atoms with Crippen LogP contribution >= 0.6 is 0 Å². The van der Waals surface area contributed by atoms with Crippen LogP contribution in [0.5, 0.6) is 0 Å². The van der Waals surface area contributed by atoms with Gasteiger partial charge in [-0.2, -0.15) is 4.73 Å². The SMILES string of the molecule is CC[C@@H](C)c1ccccc1NC(=O)COC(=O)c1cc[n+]([O-])cc1. The Balaban J connectivity index is 1.94. The number of ether oxygens (including phenoxy) is 1. The maximum Gasteiger partial charge on any atom is 0.339 e. The highest BCUT2D eigenvalue weighted by Crippen LogP contribution is 2.26. The van der Waals surface area contributed by atoms with Crippen molar-refractivity contribution >= 4 is 17.6 Å². The third kappa shape index (κ3) is 4.55. The molecule has 0 fully saturated rings. The van der Waals surface area contributed by atoms with Gasteiger partial charge in [0.25, 0.3) is 5.91 Å². The van der Waals surface area contributed by atoms with E-state index in [2.05, 4.69) is 19.2 Å². The van der Waals surface area contributed by atoms with E-state index in [1.54, 1.807) is 0 Å². The van der Waals surface area contributed by atoms with Crippen LogP contribution in [0.1, 0.15) is 42.1 Å². The minimum Gasteiger partial charge on any atom is -0.619 e. The van der Waals surface area contributed by atoms with Crippen LogP contribution in [0.3, 0.4) is 0 Å². The molecule has 0 aliphatic rings. The van der Waals surface area contributed by atoms with Crippen molar-refractivity contribution in [2.24, 2.45) is 0 Å². The van der Waals surface area contributed by atoms with Crippen LogP contribution in [0.2, 0.25) is 0 Å². The molecule has 126 valence electrons. The number of carbonyl (C=O) groups is 2. The van der Waals surface area contributed by atoms with Crippen molar-refractivity contribution in [2.45, 2.75) is 26.2 Å². The van der Waals surface area contributed by atoms with Gasteiger partial charge in [0, 0.05) is 17.8 Å². The maximum absolute atomic E-state index is 12.0. The number of carbonyl (C=O) groups excluding carboxylic acids is 2. The Bertz CT molecular complexity index is 713. The number of benzene rings is 1. The van der Waals surface area contributed by atoms with E-state index >= 15 is 0 Å². The molecule has 0 saturated heterocycles. The average Bonchev–Trinajstić information content (AvgIpc) is 2.60. The van der Waals surface area contributed by atoms with E-state index in [-0.39, 0.29) is 12.2 Å². The number of hydrogen-bond acceptors (Lipinski definition) is 4. The van der Waals surface area contributed by atoms with Crippen LogP contribution in [0, 0.1) is 5.21 Å². The zero-order valence-corrected chi connectivity index (χ0v) is 13.7. The molecule has 0 spiro atoms. The van der Waals surface area contributed by atoms with Crippen LogP contribution in [0.4, 0.5) is 5.69 Å². The second-order valence-electron chi connectivity index (χ2n) is 5.47. The van der Waals surface area contributed by atoms with Gasteiger partial charge in [-0.15, -0.1) is 0 Å². The molecule has 0 unspecified atom stereocenters. The number of pyridine rings is 1. The van der Waals surface area contributed by atoms with Crippen molar-refractivity contribution in [3.8, 4) is 0 Å². The van der Waals surface area contributed by atoms with E-state index in [1.165, 1.54) is 24.5 Å². The second-order valence-corrected chi connectivity index (χ2v) is 5.47. The number of anilines is 1. The molecule has 1 atom stereocenters. The minimum absolute atomic E-state index is 0.218. The lowest BCUT2D eigenvalue weighted by Gasteiger charge is -2.15. The highest BCUT2D eigenvalue weighted by Gasteiger charge is 2.14. The number of hydrogen-bond donors (Lipinski definition) is 1. The van der Waals surface area contributed by atoms with Crippen molar-refractivity contribution in [1.29, 1.82) is 0 Å². The first-order valence-corrected chi connectivity index (χ1v) is 7.76. The summed E-state index contributed by atoms with van der Waals surface area (Å²) in [5.74, 6) is -0.748. The molecular formula is C18H20N2O4. The van der Waals surface area contributed by atoms with Gasteiger partial charge in [0.2, 0.25) is 0 Å². The number of para-hydroxylation sites is 1. The lowest BCUT2D eigenvalue weighted by Crippen LogP contribution is -2.25. The summed E-state index contributed by atoms with van der Waals surface area (Å²) in [5.41, 5.74) is 1.98. The molecule has 1 N–H and O–H groups in total. The summed E-state index contributed by atoms with van der Waals surface area (Å²) < 4.78 is 5.53. The highest BCUT2D eigenvalue weighted by atomic mass is 16.5. The van der Waals surface area contributed by atoms with Crippen LogP contribution < -0.4 is 10.0 Å². The topological polar surface area (TPSA) is 82.3 Å². The fourth-order valence-corrected chi connectivity index (χ4v) is 2.21. The molecule has 0 saturated carbocycles. The fraction of sp³-hybridized carbons (Fsp3) is 0.278. The van der Waals surface area contributed by atoms with Gasteiger partial charge >= 0.3 is 5.97 Å². The first-order valence-electron chi connectivity index (χ1n) is 7.76. The Morgan fingerprint density at radius 2 is 1.88 bits per heavy atom. The molecule has 1 aromatic heterocycles. The first kappa shape index (κ1) is 17.5. The first-order chi connectivity index (χ1) is 11.5. The van der Waals surface area contributed by atoms with Gasteiger partial charge in [0.1, 0.15) is 0 Å². The number of rotatable bonds is 6. The Labute approximate surface area is 140 Å². The third-order valence-corrected chi connectivity index (χ3v) is 3.75. The van der Waals surface area contributed by atoms with Gasteiger partial charge in [-0.25, -0.2) is 4.79 Å². The molecule has 1 aromatic carbocycles. The van der Waals surface area contributed by atoms with E-state index in [0.29, 0.717) is 10.6 Å².